The summed E-state index contributed by atoms with van der Waals surface area (Å²) >= 11 is 12.3. The molecule has 1 aliphatic heterocycles. The van der Waals surface area contributed by atoms with Crippen LogP contribution in [-0.4, -0.2) is 15.1 Å². The maximum atomic E-state index is 6.24. The summed E-state index contributed by atoms with van der Waals surface area (Å²) in [5.74, 6) is 0. The highest BCUT2D eigenvalue weighted by atomic mass is 35.5. The van der Waals surface area contributed by atoms with Crippen LogP contribution in [0, 0.1) is 6.92 Å². The van der Waals surface area contributed by atoms with Gasteiger partial charge in [0.05, 0.1) is 16.4 Å². The molecule has 0 saturated carbocycles. The number of allylic oxidation sites excluding steroid dienone is 2. The molecule has 0 amide bonds. The van der Waals surface area contributed by atoms with Crippen molar-refractivity contribution in [3.8, 4) is 0 Å². The van der Waals surface area contributed by atoms with E-state index >= 15 is 0 Å². The second-order valence-corrected chi connectivity index (χ2v) is 4.63. The first-order chi connectivity index (χ1) is 8.63. The number of nitrogens with zero attached hydrogens (tertiary/aromatic N) is 3. The second-order valence-electron chi connectivity index (χ2n) is 3.89. The molecular weight excluding hydrogens is 269 g/mol. The lowest BCUT2D eigenvalue weighted by molar-refractivity contribution is 0.476. The summed E-state index contributed by atoms with van der Waals surface area (Å²) in [4.78, 5) is 10.2. The number of hydrogen-bond acceptors (Lipinski definition) is 3. The van der Waals surface area contributed by atoms with Crippen LogP contribution < -0.4 is 0 Å². The van der Waals surface area contributed by atoms with Gasteiger partial charge < -0.3 is 4.90 Å². The molecule has 0 radical (unpaired) electrons. The van der Waals surface area contributed by atoms with Gasteiger partial charge in [0.1, 0.15) is 0 Å². The third-order valence-corrected chi connectivity index (χ3v) is 3.52. The smallest absolute Gasteiger partial charge is 0.152 e. The van der Waals surface area contributed by atoms with Crippen molar-refractivity contribution in [3.05, 3.63) is 52.7 Å². The Morgan fingerprint density at radius 2 is 2.17 bits per heavy atom. The number of aromatic nitrogens is 1. The van der Waals surface area contributed by atoms with Crippen molar-refractivity contribution in [1.29, 1.82) is 0 Å². The van der Waals surface area contributed by atoms with E-state index in [0.717, 1.165) is 17.0 Å². The number of hydrogen-bond donors (Lipinski definition) is 0. The summed E-state index contributed by atoms with van der Waals surface area (Å²) in [6.07, 6.45) is 7.25. The largest absolute Gasteiger partial charge is 0.340 e. The topological polar surface area (TPSA) is 28.5 Å². The van der Waals surface area contributed by atoms with Gasteiger partial charge in [-0.3, -0.25) is 4.98 Å². The summed E-state index contributed by atoms with van der Waals surface area (Å²) in [5.41, 5.74) is 2.72. The van der Waals surface area contributed by atoms with Crippen molar-refractivity contribution in [2.45, 2.75) is 20.4 Å². The van der Waals surface area contributed by atoms with Crippen LogP contribution in [0.4, 0.5) is 0 Å². The molecule has 0 spiro atoms. The van der Waals surface area contributed by atoms with Crippen molar-refractivity contribution in [1.82, 2.24) is 9.88 Å². The molecule has 0 saturated heterocycles. The van der Waals surface area contributed by atoms with Gasteiger partial charge in [0, 0.05) is 25.1 Å². The minimum Gasteiger partial charge on any atom is -0.340 e. The molecule has 0 N–H and O–H groups in total. The summed E-state index contributed by atoms with van der Waals surface area (Å²) in [6.45, 7) is 4.46. The van der Waals surface area contributed by atoms with Crippen molar-refractivity contribution in [2.75, 3.05) is 0 Å². The Hall–Kier alpha value is -1.32. The van der Waals surface area contributed by atoms with E-state index < -0.39 is 0 Å². The van der Waals surface area contributed by atoms with Gasteiger partial charge in [0.2, 0.25) is 0 Å². The first kappa shape index (κ1) is 13.1. The minimum atomic E-state index is 0.488. The Kier molecular flexibility index (Phi) is 4.04. The van der Waals surface area contributed by atoms with Gasteiger partial charge in [-0.25, -0.2) is 4.99 Å². The van der Waals surface area contributed by atoms with Gasteiger partial charge in [0.15, 0.2) is 5.17 Å². The summed E-state index contributed by atoms with van der Waals surface area (Å²) < 4.78 is 0. The van der Waals surface area contributed by atoms with Crippen molar-refractivity contribution in [3.63, 3.8) is 0 Å². The number of rotatable bonds is 2. The molecule has 0 fully saturated rings. The van der Waals surface area contributed by atoms with Crippen LogP contribution in [0.15, 0.2) is 41.4 Å². The number of aryl methyl sites for hydroxylation is 1. The summed E-state index contributed by atoms with van der Waals surface area (Å²) in [6, 6.07) is 1.91. The molecule has 2 heterocycles. The zero-order chi connectivity index (χ0) is 13.1. The fourth-order valence-corrected chi connectivity index (χ4v) is 2.22. The fourth-order valence-electron chi connectivity index (χ4n) is 1.77. The SMILES string of the molecule is C/C=C1/C(Cl)=NC=CN1Cc1ccnc(C)c1Cl. The molecule has 0 bridgehead atoms. The van der Waals surface area contributed by atoms with Crippen LogP contribution in [-0.2, 0) is 6.54 Å². The van der Waals surface area contributed by atoms with Crippen molar-refractivity contribution >= 4 is 28.4 Å². The number of halogens is 2. The average molecular weight is 282 g/mol. The van der Waals surface area contributed by atoms with Crippen LogP contribution in [0.3, 0.4) is 0 Å². The maximum Gasteiger partial charge on any atom is 0.152 e. The number of pyridine rings is 1. The first-order valence-corrected chi connectivity index (χ1v) is 6.32. The van der Waals surface area contributed by atoms with Crippen LogP contribution in [0.5, 0.6) is 0 Å². The molecule has 1 aromatic rings. The molecular formula is C13H13Cl2N3. The Labute approximate surface area is 116 Å². The first-order valence-electron chi connectivity index (χ1n) is 5.56. The molecule has 3 nitrogen and oxygen atoms in total. The second kappa shape index (κ2) is 5.55. The van der Waals surface area contributed by atoms with E-state index in [0.29, 0.717) is 16.7 Å². The molecule has 0 atom stereocenters. The molecule has 1 aromatic heterocycles. The van der Waals surface area contributed by atoms with Gasteiger partial charge in [-0.05, 0) is 25.5 Å². The Morgan fingerprint density at radius 3 is 2.89 bits per heavy atom. The third kappa shape index (κ3) is 2.57. The predicted molar refractivity (Wildman–Crippen MR) is 75.7 cm³/mol. The lowest BCUT2D eigenvalue weighted by Crippen LogP contribution is -2.22. The van der Waals surface area contributed by atoms with Crippen LogP contribution in [0.25, 0.3) is 0 Å². The zero-order valence-electron chi connectivity index (χ0n) is 10.2. The average Bonchev–Trinajstić information content (AvgIpc) is 2.35. The molecule has 18 heavy (non-hydrogen) atoms. The quantitative estimate of drug-likeness (QED) is 0.823. The normalized spacial score (nSPS) is 17.2. The molecule has 1 aliphatic rings. The molecule has 0 unspecified atom stereocenters. The van der Waals surface area contributed by atoms with E-state index in [1.807, 2.05) is 37.1 Å². The van der Waals surface area contributed by atoms with Gasteiger partial charge in [-0.15, -0.1) is 0 Å². The van der Waals surface area contributed by atoms with E-state index in [9.17, 15) is 0 Å². The van der Waals surface area contributed by atoms with Gasteiger partial charge in [-0.2, -0.15) is 0 Å². The predicted octanol–water partition coefficient (Wildman–Crippen LogP) is 3.87. The lowest BCUT2D eigenvalue weighted by Gasteiger charge is -2.25. The lowest BCUT2D eigenvalue weighted by atomic mass is 10.2. The van der Waals surface area contributed by atoms with E-state index in [1.54, 1.807) is 12.4 Å². The summed E-state index contributed by atoms with van der Waals surface area (Å²) in [5, 5.41) is 1.18. The zero-order valence-corrected chi connectivity index (χ0v) is 11.7. The Morgan fingerprint density at radius 1 is 1.39 bits per heavy atom. The van der Waals surface area contributed by atoms with Gasteiger partial charge in [0.25, 0.3) is 0 Å². The van der Waals surface area contributed by atoms with E-state index in [1.165, 1.54) is 0 Å². The van der Waals surface area contributed by atoms with Gasteiger partial charge in [-0.1, -0.05) is 29.3 Å². The Bertz CT molecular complexity index is 547. The van der Waals surface area contributed by atoms with Gasteiger partial charge >= 0.3 is 0 Å². The third-order valence-electron chi connectivity index (χ3n) is 2.71. The number of aliphatic imine (C=N–C) groups is 1. The molecule has 94 valence electrons. The molecule has 5 heteroatoms. The van der Waals surface area contributed by atoms with E-state index in [-0.39, 0.29) is 0 Å². The van der Waals surface area contributed by atoms with Crippen LogP contribution in [0.2, 0.25) is 5.02 Å². The van der Waals surface area contributed by atoms with Crippen LogP contribution >= 0.6 is 23.2 Å². The molecule has 2 rings (SSSR count). The monoisotopic (exact) mass is 281 g/mol. The van der Waals surface area contributed by atoms with Crippen molar-refractivity contribution in [2.24, 2.45) is 4.99 Å². The fraction of sp³-hybridized carbons (Fsp3) is 0.231. The molecule has 0 aromatic carbocycles. The van der Waals surface area contributed by atoms with E-state index in [4.69, 9.17) is 23.2 Å². The minimum absolute atomic E-state index is 0.488. The highest BCUT2D eigenvalue weighted by molar-refractivity contribution is 6.69. The summed E-state index contributed by atoms with van der Waals surface area (Å²) in [7, 11) is 0. The highest BCUT2D eigenvalue weighted by Crippen LogP contribution is 2.24. The standard InChI is InChI=1S/C13H13Cl2N3/c1-3-11-13(15)17-6-7-18(11)8-10-4-5-16-9(2)12(10)14/h3-7H,8H2,1-2H3/b11-3-. The Balaban J connectivity index is 2.27. The maximum absolute atomic E-state index is 6.24. The van der Waals surface area contributed by atoms with E-state index in [2.05, 4.69) is 9.98 Å². The van der Waals surface area contributed by atoms with Crippen molar-refractivity contribution < 1.29 is 0 Å². The van der Waals surface area contributed by atoms with Crippen LogP contribution in [0.1, 0.15) is 18.2 Å². The molecule has 0 aliphatic carbocycles. The highest BCUT2D eigenvalue weighted by Gasteiger charge is 2.16.